The van der Waals surface area contributed by atoms with Gasteiger partial charge >= 0.3 is 0 Å². The van der Waals surface area contributed by atoms with Crippen LogP contribution < -0.4 is 10.1 Å². The standard InChI is InChI=1S/C27H26N2O2S/c1-18(2)16-31-23-9-6-8-21(15-23)26(30)28-22-13-11-20(12-14-22)25-17-32-27(29-25)24-10-5-4-7-19(24)3/h4-15,17-18H,16H2,1-3H3,(H,28,30). The Labute approximate surface area is 192 Å². The molecule has 0 unspecified atom stereocenters. The van der Waals surface area contributed by atoms with E-state index in [-0.39, 0.29) is 5.91 Å². The van der Waals surface area contributed by atoms with Crippen molar-refractivity contribution in [1.29, 1.82) is 0 Å². The van der Waals surface area contributed by atoms with Crippen LogP contribution in [-0.2, 0) is 0 Å². The van der Waals surface area contributed by atoms with E-state index in [0.717, 1.165) is 27.5 Å². The third-order valence-electron chi connectivity index (χ3n) is 5.00. The first-order chi connectivity index (χ1) is 15.5. The minimum atomic E-state index is -0.164. The van der Waals surface area contributed by atoms with E-state index in [1.807, 2.05) is 48.5 Å². The van der Waals surface area contributed by atoms with Crippen molar-refractivity contribution in [3.05, 3.63) is 89.3 Å². The number of carbonyl (C=O) groups excluding carboxylic acids is 1. The predicted molar refractivity (Wildman–Crippen MR) is 132 cm³/mol. The van der Waals surface area contributed by atoms with E-state index in [4.69, 9.17) is 9.72 Å². The van der Waals surface area contributed by atoms with Crippen LogP contribution in [0.25, 0.3) is 21.8 Å². The molecule has 4 rings (SSSR count). The number of anilines is 1. The van der Waals surface area contributed by atoms with Gasteiger partial charge in [0.2, 0.25) is 0 Å². The van der Waals surface area contributed by atoms with Crippen molar-refractivity contribution in [2.45, 2.75) is 20.8 Å². The zero-order valence-corrected chi connectivity index (χ0v) is 19.3. The van der Waals surface area contributed by atoms with Crippen LogP contribution in [0.3, 0.4) is 0 Å². The highest BCUT2D eigenvalue weighted by Gasteiger charge is 2.10. The van der Waals surface area contributed by atoms with E-state index in [1.54, 1.807) is 23.5 Å². The zero-order chi connectivity index (χ0) is 22.5. The Kier molecular flexibility index (Phi) is 6.66. The maximum absolute atomic E-state index is 12.7. The summed E-state index contributed by atoms with van der Waals surface area (Å²) in [7, 11) is 0. The van der Waals surface area contributed by atoms with E-state index in [9.17, 15) is 4.79 Å². The highest BCUT2D eigenvalue weighted by molar-refractivity contribution is 7.13. The van der Waals surface area contributed by atoms with Crippen LogP contribution in [0.5, 0.6) is 5.75 Å². The molecule has 0 radical (unpaired) electrons. The first-order valence-corrected chi connectivity index (χ1v) is 11.5. The van der Waals surface area contributed by atoms with Crippen molar-refractivity contribution in [3.8, 4) is 27.6 Å². The molecule has 0 spiro atoms. The number of amides is 1. The molecule has 5 heteroatoms. The van der Waals surface area contributed by atoms with Gasteiger partial charge in [-0.15, -0.1) is 11.3 Å². The highest BCUT2D eigenvalue weighted by atomic mass is 32.1. The number of nitrogens with one attached hydrogen (secondary N) is 1. The van der Waals surface area contributed by atoms with E-state index in [1.165, 1.54) is 5.56 Å². The molecular weight excluding hydrogens is 416 g/mol. The quantitative estimate of drug-likeness (QED) is 0.333. The van der Waals surface area contributed by atoms with Gasteiger partial charge in [-0.1, -0.05) is 56.3 Å². The fourth-order valence-corrected chi connectivity index (χ4v) is 4.18. The van der Waals surface area contributed by atoms with Crippen LogP contribution >= 0.6 is 11.3 Å². The number of hydrogen-bond acceptors (Lipinski definition) is 4. The number of aryl methyl sites for hydroxylation is 1. The van der Waals surface area contributed by atoms with Crippen molar-refractivity contribution < 1.29 is 9.53 Å². The molecule has 1 heterocycles. The van der Waals surface area contributed by atoms with E-state index in [2.05, 4.69) is 43.6 Å². The molecule has 0 atom stereocenters. The fourth-order valence-electron chi connectivity index (χ4n) is 3.26. The first kappa shape index (κ1) is 21.8. The molecule has 0 saturated carbocycles. The second-order valence-electron chi connectivity index (χ2n) is 8.12. The summed E-state index contributed by atoms with van der Waals surface area (Å²) in [6, 6.07) is 23.3. The smallest absolute Gasteiger partial charge is 0.255 e. The molecule has 1 amide bonds. The Hall–Kier alpha value is -3.44. The summed E-state index contributed by atoms with van der Waals surface area (Å²) >= 11 is 1.64. The van der Waals surface area contributed by atoms with Crippen LogP contribution in [0.1, 0.15) is 29.8 Å². The molecule has 0 aliphatic heterocycles. The van der Waals surface area contributed by atoms with Crippen molar-refractivity contribution in [3.63, 3.8) is 0 Å². The SMILES string of the molecule is Cc1ccccc1-c1nc(-c2ccc(NC(=O)c3cccc(OCC(C)C)c3)cc2)cs1. The van der Waals surface area contributed by atoms with Crippen molar-refractivity contribution >= 4 is 22.9 Å². The third-order valence-corrected chi connectivity index (χ3v) is 5.87. The Balaban J connectivity index is 1.44. The van der Waals surface area contributed by atoms with Gasteiger partial charge < -0.3 is 10.1 Å². The molecule has 4 nitrogen and oxygen atoms in total. The van der Waals surface area contributed by atoms with E-state index in [0.29, 0.717) is 23.8 Å². The van der Waals surface area contributed by atoms with E-state index < -0.39 is 0 Å². The Morgan fingerprint density at radius 1 is 1.03 bits per heavy atom. The molecule has 0 fully saturated rings. The lowest BCUT2D eigenvalue weighted by atomic mass is 10.1. The van der Waals surface area contributed by atoms with Gasteiger partial charge in [0.15, 0.2) is 0 Å². The lowest BCUT2D eigenvalue weighted by Crippen LogP contribution is -2.12. The maximum atomic E-state index is 12.7. The van der Waals surface area contributed by atoms with Gasteiger partial charge in [-0.05, 0) is 48.7 Å². The zero-order valence-electron chi connectivity index (χ0n) is 18.5. The van der Waals surface area contributed by atoms with Crippen LogP contribution in [0.4, 0.5) is 5.69 Å². The lowest BCUT2D eigenvalue weighted by Gasteiger charge is -2.10. The van der Waals surface area contributed by atoms with Crippen LogP contribution in [0, 0.1) is 12.8 Å². The van der Waals surface area contributed by atoms with E-state index >= 15 is 0 Å². The molecule has 0 aliphatic carbocycles. The van der Waals surface area contributed by atoms with Gasteiger partial charge in [-0.3, -0.25) is 4.79 Å². The molecule has 0 aliphatic rings. The van der Waals surface area contributed by atoms with Gasteiger partial charge in [0.05, 0.1) is 12.3 Å². The number of nitrogens with zero attached hydrogens (tertiary/aromatic N) is 1. The first-order valence-electron chi connectivity index (χ1n) is 10.7. The van der Waals surface area contributed by atoms with Gasteiger partial charge in [0, 0.05) is 27.8 Å². The molecular formula is C27H26N2O2S. The fraction of sp³-hybridized carbons (Fsp3) is 0.185. The van der Waals surface area contributed by atoms with Crippen molar-refractivity contribution in [1.82, 2.24) is 4.98 Å². The molecule has 0 bridgehead atoms. The van der Waals surface area contributed by atoms with Crippen molar-refractivity contribution in [2.24, 2.45) is 5.92 Å². The second kappa shape index (κ2) is 9.79. The molecule has 0 saturated heterocycles. The summed E-state index contributed by atoms with van der Waals surface area (Å²) in [6.45, 7) is 6.90. The highest BCUT2D eigenvalue weighted by Crippen LogP contribution is 2.31. The van der Waals surface area contributed by atoms with Crippen LogP contribution in [0.2, 0.25) is 0 Å². The summed E-state index contributed by atoms with van der Waals surface area (Å²) in [5.74, 6) is 0.967. The summed E-state index contributed by atoms with van der Waals surface area (Å²) < 4.78 is 5.73. The topological polar surface area (TPSA) is 51.2 Å². The second-order valence-corrected chi connectivity index (χ2v) is 8.98. The number of aromatic nitrogens is 1. The average molecular weight is 443 g/mol. The van der Waals surface area contributed by atoms with Crippen LogP contribution in [-0.4, -0.2) is 17.5 Å². The minimum absolute atomic E-state index is 0.164. The Bertz CT molecular complexity index is 1210. The number of carbonyl (C=O) groups is 1. The molecule has 4 aromatic rings. The normalized spacial score (nSPS) is 10.9. The Morgan fingerprint density at radius 3 is 2.56 bits per heavy atom. The molecule has 162 valence electrons. The predicted octanol–water partition coefficient (Wildman–Crippen LogP) is 7.07. The van der Waals surface area contributed by atoms with Gasteiger partial charge in [-0.2, -0.15) is 0 Å². The van der Waals surface area contributed by atoms with Gasteiger partial charge in [0.1, 0.15) is 10.8 Å². The summed E-state index contributed by atoms with van der Waals surface area (Å²) in [4.78, 5) is 17.5. The van der Waals surface area contributed by atoms with Gasteiger partial charge in [-0.25, -0.2) is 4.98 Å². The number of benzene rings is 3. The molecule has 3 aromatic carbocycles. The summed E-state index contributed by atoms with van der Waals surface area (Å²) in [5, 5.41) is 6.03. The maximum Gasteiger partial charge on any atom is 0.255 e. The minimum Gasteiger partial charge on any atom is -0.493 e. The average Bonchev–Trinajstić information content (AvgIpc) is 3.29. The van der Waals surface area contributed by atoms with Crippen molar-refractivity contribution in [2.75, 3.05) is 11.9 Å². The number of hydrogen-bond donors (Lipinski definition) is 1. The lowest BCUT2D eigenvalue weighted by molar-refractivity contribution is 0.102. The molecule has 1 N–H and O–H groups in total. The number of thiazole rings is 1. The summed E-state index contributed by atoms with van der Waals surface area (Å²) in [6.07, 6.45) is 0. The largest absolute Gasteiger partial charge is 0.493 e. The number of rotatable bonds is 7. The monoisotopic (exact) mass is 442 g/mol. The third kappa shape index (κ3) is 5.24. The summed E-state index contributed by atoms with van der Waals surface area (Å²) in [5.41, 5.74) is 5.63. The Morgan fingerprint density at radius 2 is 1.81 bits per heavy atom. The van der Waals surface area contributed by atoms with Gasteiger partial charge in [0.25, 0.3) is 5.91 Å². The number of ether oxygens (including phenoxy) is 1. The van der Waals surface area contributed by atoms with Crippen LogP contribution in [0.15, 0.2) is 78.2 Å². The molecule has 1 aromatic heterocycles. The molecule has 32 heavy (non-hydrogen) atoms.